The van der Waals surface area contributed by atoms with Crippen molar-refractivity contribution in [2.75, 3.05) is 0 Å². The minimum atomic E-state index is -1.30. The molecule has 2 aromatic carbocycles. The molecule has 22 heavy (non-hydrogen) atoms. The van der Waals surface area contributed by atoms with Crippen molar-refractivity contribution in [1.82, 2.24) is 5.32 Å². The molecule has 0 bridgehead atoms. The Morgan fingerprint density at radius 1 is 1.00 bits per heavy atom. The minimum Gasteiger partial charge on any atom is -0.367 e. The van der Waals surface area contributed by atoms with E-state index in [1.54, 1.807) is 43.3 Å². The topological polar surface area (TPSA) is 72.2 Å². The fourth-order valence-electron chi connectivity index (χ4n) is 1.96. The van der Waals surface area contributed by atoms with Crippen LogP contribution in [0.15, 0.2) is 60.7 Å². The molecule has 1 atom stereocenters. The molecule has 0 aliphatic carbocycles. The van der Waals surface area contributed by atoms with Crippen molar-refractivity contribution in [3.63, 3.8) is 0 Å². The zero-order chi connectivity index (χ0) is 16.0. The molecule has 0 aliphatic heterocycles. The Bertz CT molecular complexity index is 730. The second kappa shape index (κ2) is 6.59. The van der Waals surface area contributed by atoms with Crippen LogP contribution < -0.4 is 11.1 Å². The van der Waals surface area contributed by atoms with Crippen molar-refractivity contribution in [3.05, 3.63) is 71.8 Å². The van der Waals surface area contributed by atoms with E-state index in [-0.39, 0.29) is 0 Å². The van der Waals surface area contributed by atoms with Crippen molar-refractivity contribution in [3.8, 4) is 11.8 Å². The highest BCUT2D eigenvalue weighted by atomic mass is 16.2. The average Bonchev–Trinajstić information content (AvgIpc) is 2.54. The number of hydrogen-bond acceptors (Lipinski definition) is 2. The van der Waals surface area contributed by atoms with Crippen molar-refractivity contribution in [2.45, 2.75) is 12.5 Å². The van der Waals surface area contributed by atoms with Crippen molar-refractivity contribution in [1.29, 1.82) is 0 Å². The van der Waals surface area contributed by atoms with Crippen LogP contribution in [0.3, 0.4) is 0 Å². The first-order valence-corrected chi connectivity index (χ1v) is 6.77. The normalized spacial score (nSPS) is 12.4. The van der Waals surface area contributed by atoms with Gasteiger partial charge in [-0.3, -0.25) is 9.59 Å². The number of amides is 2. The van der Waals surface area contributed by atoms with Gasteiger partial charge in [0.15, 0.2) is 0 Å². The van der Waals surface area contributed by atoms with Gasteiger partial charge >= 0.3 is 0 Å². The van der Waals surface area contributed by atoms with Gasteiger partial charge in [-0.2, -0.15) is 0 Å². The first-order chi connectivity index (χ1) is 10.5. The summed E-state index contributed by atoms with van der Waals surface area (Å²) in [6, 6.07) is 18.0. The van der Waals surface area contributed by atoms with E-state index in [4.69, 9.17) is 5.73 Å². The van der Waals surface area contributed by atoms with E-state index in [9.17, 15) is 9.59 Å². The second-order valence-electron chi connectivity index (χ2n) is 4.93. The smallest absolute Gasteiger partial charge is 0.297 e. The number of carbonyl (C=O) groups is 2. The Hall–Kier alpha value is -3.06. The Labute approximate surface area is 129 Å². The summed E-state index contributed by atoms with van der Waals surface area (Å²) >= 11 is 0. The van der Waals surface area contributed by atoms with Gasteiger partial charge in [0.25, 0.3) is 5.91 Å². The van der Waals surface area contributed by atoms with Crippen LogP contribution in [0.1, 0.15) is 18.1 Å². The molecular weight excluding hydrogens is 276 g/mol. The van der Waals surface area contributed by atoms with E-state index in [1.807, 2.05) is 24.3 Å². The molecule has 2 amide bonds. The maximum Gasteiger partial charge on any atom is 0.297 e. The molecule has 0 radical (unpaired) electrons. The Balaban J connectivity index is 2.21. The van der Waals surface area contributed by atoms with Crippen LogP contribution in [-0.2, 0) is 15.1 Å². The third kappa shape index (κ3) is 3.53. The molecule has 4 nitrogen and oxygen atoms in total. The van der Waals surface area contributed by atoms with Crippen LogP contribution >= 0.6 is 0 Å². The van der Waals surface area contributed by atoms with E-state index in [1.165, 1.54) is 0 Å². The van der Waals surface area contributed by atoms with Crippen LogP contribution in [0.2, 0.25) is 0 Å². The predicted octanol–water partition coefficient (Wildman–Crippen LogP) is 1.55. The molecule has 0 aromatic heterocycles. The molecular formula is C18H16N2O2. The summed E-state index contributed by atoms with van der Waals surface area (Å²) in [4.78, 5) is 23.8. The first-order valence-electron chi connectivity index (χ1n) is 6.77. The van der Waals surface area contributed by atoms with E-state index in [0.717, 1.165) is 5.56 Å². The molecule has 0 heterocycles. The maximum absolute atomic E-state index is 12.0. The molecule has 0 spiro atoms. The summed E-state index contributed by atoms with van der Waals surface area (Å²) < 4.78 is 0. The molecule has 0 fully saturated rings. The molecule has 0 aliphatic rings. The van der Waals surface area contributed by atoms with Gasteiger partial charge in [-0.15, -0.1) is 0 Å². The number of hydrogen-bond donors (Lipinski definition) is 2. The summed E-state index contributed by atoms with van der Waals surface area (Å²) in [6.07, 6.45) is 0. The third-order valence-electron chi connectivity index (χ3n) is 3.30. The summed E-state index contributed by atoms with van der Waals surface area (Å²) in [5.41, 5.74) is 5.48. The monoisotopic (exact) mass is 292 g/mol. The largest absolute Gasteiger partial charge is 0.367 e. The van der Waals surface area contributed by atoms with Gasteiger partial charge in [-0.1, -0.05) is 54.5 Å². The van der Waals surface area contributed by atoms with Gasteiger partial charge in [-0.25, -0.2) is 0 Å². The lowest BCUT2D eigenvalue weighted by Crippen LogP contribution is -2.52. The minimum absolute atomic E-state index is 0.561. The lowest BCUT2D eigenvalue weighted by Gasteiger charge is -2.26. The lowest BCUT2D eigenvalue weighted by molar-refractivity contribution is -0.129. The highest BCUT2D eigenvalue weighted by Gasteiger charge is 2.34. The maximum atomic E-state index is 12.0. The molecule has 1 unspecified atom stereocenters. The molecule has 4 heteroatoms. The van der Waals surface area contributed by atoms with Gasteiger partial charge in [0.2, 0.25) is 5.91 Å². The fourth-order valence-corrected chi connectivity index (χ4v) is 1.96. The van der Waals surface area contributed by atoms with Gasteiger partial charge in [-0.05, 0) is 24.6 Å². The highest BCUT2D eigenvalue weighted by molar-refractivity contribution is 5.99. The molecule has 110 valence electrons. The number of carbonyl (C=O) groups excluding carboxylic acids is 2. The molecule has 2 aromatic rings. The van der Waals surface area contributed by atoms with E-state index < -0.39 is 17.4 Å². The fraction of sp³-hybridized carbons (Fsp3) is 0.111. The standard InChI is InChI=1S/C18H16N2O2/c1-18(17(19)22,15-10-6-3-7-11-15)20-16(21)13-12-14-8-4-2-5-9-14/h2-11H,1H3,(H2,19,22)(H,20,21). The Morgan fingerprint density at radius 3 is 2.09 bits per heavy atom. The van der Waals surface area contributed by atoms with Gasteiger partial charge < -0.3 is 11.1 Å². The third-order valence-corrected chi connectivity index (χ3v) is 3.30. The van der Waals surface area contributed by atoms with Crippen molar-refractivity contribution >= 4 is 11.8 Å². The van der Waals surface area contributed by atoms with E-state index in [0.29, 0.717) is 5.56 Å². The van der Waals surface area contributed by atoms with Crippen molar-refractivity contribution in [2.24, 2.45) is 5.73 Å². The zero-order valence-electron chi connectivity index (χ0n) is 12.2. The van der Waals surface area contributed by atoms with Gasteiger partial charge in [0.1, 0.15) is 5.54 Å². The van der Waals surface area contributed by atoms with Gasteiger partial charge in [0.05, 0.1) is 0 Å². The first kappa shape index (κ1) is 15.3. The van der Waals surface area contributed by atoms with Crippen LogP contribution in [0.25, 0.3) is 0 Å². The van der Waals surface area contributed by atoms with Crippen LogP contribution in [0.5, 0.6) is 0 Å². The molecule has 2 rings (SSSR count). The Morgan fingerprint density at radius 2 is 1.55 bits per heavy atom. The average molecular weight is 292 g/mol. The molecule has 0 saturated carbocycles. The summed E-state index contributed by atoms with van der Waals surface area (Å²) in [5.74, 6) is 4.01. The predicted molar refractivity (Wildman–Crippen MR) is 84.5 cm³/mol. The van der Waals surface area contributed by atoms with Crippen molar-refractivity contribution < 1.29 is 9.59 Å². The van der Waals surface area contributed by atoms with Crippen LogP contribution in [0.4, 0.5) is 0 Å². The summed E-state index contributed by atoms with van der Waals surface area (Å²) in [6.45, 7) is 1.56. The lowest BCUT2D eigenvalue weighted by atomic mass is 9.91. The number of benzene rings is 2. The second-order valence-corrected chi connectivity index (χ2v) is 4.93. The zero-order valence-corrected chi connectivity index (χ0v) is 12.2. The van der Waals surface area contributed by atoms with E-state index >= 15 is 0 Å². The quantitative estimate of drug-likeness (QED) is 0.843. The highest BCUT2D eigenvalue weighted by Crippen LogP contribution is 2.19. The molecule has 3 N–H and O–H groups in total. The van der Waals surface area contributed by atoms with Crippen LogP contribution in [-0.4, -0.2) is 11.8 Å². The summed E-state index contributed by atoms with van der Waals surface area (Å²) in [7, 11) is 0. The SMILES string of the molecule is CC(NC(=O)C#Cc1ccccc1)(C(N)=O)c1ccccc1. The number of rotatable bonds is 3. The molecule has 0 saturated heterocycles. The number of nitrogens with two attached hydrogens (primary N) is 1. The Kier molecular flexibility index (Phi) is 4.60. The van der Waals surface area contributed by atoms with E-state index in [2.05, 4.69) is 17.2 Å². The summed E-state index contributed by atoms with van der Waals surface area (Å²) in [5, 5.41) is 2.59. The number of nitrogens with one attached hydrogen (secondary N) is 1. The number of primary amides is 1. The van der Waals surface area contributed by atoms with Crippen LogP contribution in [0, 0.1) is 11.8 Å². The van der Waals surface area contributed by atoms with Gasteiger partial charge in [0, 0.05) is 11.5 Å².